The van der Waals surface area contributed by atoms with Crippen molar-refractivity contribution in [2.75, 3.05) is 11.9 Å². The average Bonchev–Trinajstić information content (AvgIpc) is 3.29. The third-order valence-corrected chi connectivity index (χ3v) is 3.73. The molecule has 0 saturated heterocycles. The number of rotatable bonds is 3. The molecule has 4 heteroatoms. The summed E-state index contributed by atoms with van der Waals surface area (Å²) in [4.78, 5) is 22.9. The number of anilines is 1. The number of amides is 1. The highest BCUT2D eigenvalue weighted by atomic mass is 16.2. The van der Waals surface area contributed by atoms with E-state index in [0.717, 1.165) is 35.5 Å². The van der Waals surface area contributed by atoms with E-state index in [9.17, 15) is 4.79 Å². The largest absolute Gasteiger partial charge is 0.310 e. The van der Waals surface area contributed by atoms with Gasteiger partial charge >= 0.3 is 0 Å². The van der Waals surface area contributed by atoms with Gasteiger partial charge in [0.05, 0.1) is 0 Å². The van der Waals surface area contributed by atoms with E-state index in [-0.39, 0.29) is 5.91 Å². The second-order valence-electron chi connectivity index (χ2n) is 5.78. The molecule has 1 heterocycles. The van der Waals surface area contributed by atoms with Crippen LogP contribution in [0, 0.1) is 13.8 Å². The highest BCUT2D eigenvalue weighted by Gasteiger charge is 2.27. The van der Waals surface area contributed by atoms with Gasteiger partial charge in [0.15, 0.2) is 0 Å². The zero-order valence-corrected chi connectivity index (χ0v) is 12.6. The van der Waals surface area contributed by atoms with Crippen LogP contribution in [-0.2, 0) is 0 Å². The zero-order chi connectivity index (χ0) is 15.0. The van der Waals surface area contributed by atoms with Crippen LogP contribution in [0.4, 0.5) is 5.69 Å². The molecule has 1 fully saturated rings. The molecule has 1 aliphatic rings. The Morgan fingerprint density at radius 3 is 2.48 bits per heavy atom. The zero-order valence-electron chi connectivity index (χ0n) is 12.6. The molecule has 1 amide bonds. The highest BCUT2D eigenvalue weighted by molar-refractivity contribution is 6.04. The molecule has 0 atom stereocenters. The molecule has 1 aliphatic carbocycles. The lowest BCUT2D eigenvalue weighted by atomic mass is 10.1. The van der Waals surface area contributed by atoms with Gasteiger partial charge in [0.2, 0.25) is 0 Å². The Kier molecular flexibility index (Phi) is 3.45. The first kappa shape index (κ1) is 13.7. The Morgan fingerprint density at radius 1 is 1.19 bits per heavy atom. The van der Waals surface area contributed by atoms with E-state index in [1.54, 1.807) is 24.2 Å². The molecule has 0 N–H and O–H groups in total. The van der Waals surface area contributed by atoms with Gasteiger partial charge in [-0.1, -0.05) is 6.07 Å². The van der Waals surface area contributed by atoms with E-state index < -0.39 is 0 Å². The summed E-state index contributed by atoms with van der Waals surface area (Å²) in [6.07, 6.45) is 3.94. The predicted molar refractivity (Wildman–Crippen MR) is 82.7 cm³/mol. The first-order valence-electron chi connectivity index (χ1n) is 7.24. The van der Waals surface area contributed by atoms with Gasteiger partial charge in [-0.15, -0.1) is 0 Å². The smallest absolute Gasteiger partial charge is 0.276 e. The number of aryl methyl sites for hydroxylation is 2. The Bertz CT molecular complexity index is 672. The quantitative estimate of drug-likeness (QED) is 0.867. The van der Waals surface area contributed by atoms with E-state index in [4.69, 9.17) is 0 Å². The minimum atomic E-state index is -0.0932. The maximum Gasteiger partial charge on any atom is 0.276 e. The van der Waals surface area contributed by atoms with E-state index in [2.05, 4.69) is 16.0 Å². The van der Waals surface area contributed by atoms with E-state index in [0.29, 0.717) is 11.6 Å². The summed E-state index contributed by atoms with van der Waals surface area (Å²) in [5, 5.41) is 0. The summed E-state index contributed by atoms with van der Waals surface area (Å²) in [7, 11) is 1.79. The fraction of sp³-hybridized carbons (Fsp3) is 0.353. The SMILES string of the molecule is Cc1cc(C)cc(N(C)C(=O)c2ccnc(C3CC3)n2)c1. The Labute approximate surface area is 124 Å². The number of hydrogen-bond acceptors (Lipinski definition) is 3. The monoisotopic (exact) mass is 281 g/mol. The summed E-state index contributed by atoms with van der Waals surface area (Å²) in [6, 6.07) is 7.80. The normalized spacial score (nSPS) is 14.0. The molecule has 0 unspecified atom stereocenters. The maximum absolute atomic E-state index is 12.6. The van der Waals surface area contributed by atoms with Gasteiger partial charge in [-0.25, -0.2) is 9.97 Å². The van der Waals surface area contributed by atoms with Crippen LogP contribution in [0.25, 0.3) is 0 Å². The summed E-state index contributed by atoms with van der Waals surface area (Å²) < 4.78 is 0. The molecule has 4 nitrogen and oxygen atoms in total. The number of hydrogen-bond donors (Lipinski definition) is 0. The van der Waals surface area contributed by atoms with E-state index in [1.807, 2.05) is 26.0 Å². The molecule has 1 aromatic heterocycles. The summed E-state index contributed by atoms with van der Waals surface area (Å²) >= 11 is 0. The maximum atomic E-state index is 12.6. The second kappa shape index (κ2) is 5.28. The van der Waals surface area contributed by atoms with Gasteiger partial charge in [-0.2, -0.15) is 0 Å². The molecule has 3 rings (SSSR count). The van der Waals surface area contributed by atoms with Crippen molar-refractivity contribution in [2.24, 2.45) is 0 Å². The van der Waals surface area contributed by atoms with Crippen molar-refractivity contribution in [3.8, 4) is 0 Å². The number of carbonyl (C=O) groups is 1. The van der Waals surface area contributed by atoms with Crippen LogP contribution in [0.3, 0.4) is 0 Å². The van der Waals surface area contributed by atoms with Gasteiger partial charge in [-0.3, -0.25) is 4.79 Å². The van der Waals surface area contributed by atoms with Gasteiger partial charge < -0.3 is 4.90 Å². The Balaban J connectivity index is 1.88. The van der Waals surface area contributed by atoms with Crippen molar-refractivity contribution in [3.63, 3.8) is 0 Å². The van der Waals surface area contributed by atoms with Crippen molar-refractivity contribution in [2.45, 2.75) is 32.6 Å². The Hall–Kier alpha value is -2.23. The Morgan fingerprint density at radius 2 is 1.86 bits per heavy atom. The van der Waals surface area contributed by atoms with Crippen molar-refractivity contribution in [1.29, 1.82) is 0 Å². The average molecular weight is 281 g/mol. The van der Waals surface area contributed by atoms with Crippen LogP contribution >= 0.6 is 0 Å². The third kappa shape index (κ3) is 2.94. The molecule has 0 radical (unpaired) electrons. The van der Waals surface area contributed by atoms with Gasteiger partial charge in [0, 0.05) is 24.8 Å². The summed E-state index contributed by atoms with van der Waals surface area (Å²) in [6.45, 7) is 4.06. The van der Waals surface area contributed by atoms with Gasteiger partial charge in [0.25, 0.3) is 5.91 Å². The molecule has 0 bridgehead atoms. The fourth-order valence-electron chi connectivity index (χ4n) is 2.46. The van der Waals surface area contributed by atoms with Crippen molar-refractivity contribution >= 4 is 11.6 Å². The van der Waals surface area contributed by atoms with Crippen molar-refractivity contribution < 1.29 is 4.79 Å². The molecule has 1 saturated carbocycles. The number of aromatic nitrogens is 2. The second-order valence-corrected chi connectivity index (χ2v) is 5.78. The predicted octanol–water partition coefficient (Wildman–Crippen LogP) is 3.25. The molecule has 1 aromatic carbocycles. The first-order valence-corrected chi connectivity index (χ1v) is 7.24. The van der Waals surface area contributed by atoms with Crippen LogP contribution in [0.5, 0.6) is 0 Å². The molecule has 21 heavy (non-hydrogen) atoms. The summed E-state index contributed by atoms with van der Waals surface area (Å²) in [5.74, 6) is 1.16. The lowest BCUT2D eigenvalue weighted by Gasteiger charge is -2.18. The minimum absolute atomic E-state index is 0.0932. The lowest BCUT2D eigenvalue weighted by molar-refractivity contribution is 0.0988. The standard InChI is InChI=1S/C17H19N3O/c1-11-8-12(2)10-14(9-11)20(3)17(21)15-6-7-18-16(19-15)13-4-5-13/h6-10,13H,4-5H2,1-3H3. The van der Waals surface area contributed by atoms with E-state index >= 15 is 0 Å². The van der Waals surface area contributed by atoms with Gasteiger partial charge in [0.1, 0.15) is 11.5 Å². The fourth-order valence-corrected chi connectivity index (χ4v) is 2.46. The molecule has 2 aromatic rings. The van der Waals surface area contributed by atoms with Gasteiger partial charge in [-0.05, 0) is 56.0 Å². The molecular weight excluding hydrogens is 262 g/mol. The third-order valence-electron chi connectivity index (χ3n) is 3.73. The van der Waals surface area contributed by atoms with Crippen molar-refractivity contribution in [3.05, 3.63) is 53.1 Å². The van der Waals surface area contributed by atoms with Crippen LogP contribution in [-0.4, -0.2) is 22.9 Å². The number of carbonyl (C=O) groups excluding carboxylic acids is 1. The molecule has 0 aliphatic heterocycles. The summed E-state index contributed by atoms with van der Waals surface area (Å²) in [5.41, 5.74) is 3.65. The van der Waals surface area contributed by atoms with E-state index in [1.165, 1.54) is 0 Å². The van der Waals surface area contributed by atoms with Crippen LogP contribution in [0.1, 0.15) is 46.2 Å². The van der Waals surface area contributed by atoms with Crippen molar-refractivity contribution in [1.82, 2.24) is 9.97 Å². The van der Waals surface area contributed by atoms with Crippen LogP contribution in [0.2, 0.25) is 0 Å². The lowest BCUT2D eigenvalue weighted by Crippen LogP contribution is -2.27. The number of benzene rings is 1. The molecule has 108 valence electrons. The first-order chi connectivity index (χ1) is 10.0. The van der Waals surface area contributed by atoms with Crippen LogP contribution in [0.15, 0.2) is 30.5 Å². The molecule has 0 spiro atoms. The molecular formula is C17H19N3O. The van der Waals surface area contributed by atoms with Crippen LogP contribution < -0.4 is 4.90 Å². The minimum Gasteiger partial charge on any atom is -0.310 e. The highest BCUT2D eigenvalue weighted by Crippen LogP contribution is 2.37. The topological polar surface area (TPSA) is 46.1 Å². The number of nitrogens with zero attached hydrogens (tertiary/aromatic N) is 3.